The van der Waals surface area contributed by atoms with Gasteiger partial charge in [0.15, 0.2) is 12.5 Å². The third kappa shape index (κ3) is 5.12. The van der Waals surface area contributed by atoms with Crippen LogP contribution in [-0.2, 0) is 30.4 Å². The van der Waals surface area contributed by atoms with Crippen LogP contribution in [0.25, 0.3) is 0 Å². The molecule has 0 aromatic carbocycles. The molecule has 1 aromatic rings. The molecule has 2 N–H and O–H groups in total. The summed E-state index contributed by atoms with van der Waals surface area (Å²) in [5, 5.41) is 20.1. The Hall–Kier alpha value is -1.60. The van der Waals surface area contributed by atoms with Crippen LogP contribution in [0, 0.1) is 0 Å². The van der Waals surface area contributed by atoms with Crippen molar-refractivity contribution in [2.45, 2.75) is 56.8 Å². The van der Waals surface area contributed by atoms with Crippen LogP contribution in [0.4, 0.5) is 0 Å². The lowest BCUT2D eigenvalue weighted by Crippen LogP contribution is -2.45. The van der Waals surface area contributed by atoms with Crippen molar-refractivity contribution in [1.82, 2.24) is 9.13 Å². The number of methoxy groups -OCH3 is 1. The minimum Gasteiger partial charge on any atom is -0.394 e. The summed E-state index contributed by atoms with van der Waals surface area (Å²) in [6.07, 6.45) is -0.830. The van der Waals surface area contributed by atoms with E-state index in [2.05, 4.69) is 0 Å². The van der Waals surface area contributed by atoms with Crippen molar-refractivity contribution in [3.05, 3.63) is 33.1 Å². The fourth-order valence-corrected chi connectivity index (χ4v) is 3.38. The average Bonchev–Trinajstić information content (AvgIpc) is 3.03. The van der Waals surface area contributed by atoms with Gasteiger partial charge in [-0.05, 0) is 19.3 Å². The quantitative estimate of drug-likeness (QED) is 0.476. The van der Waals surface area contributed by atoms with E-state index in [1.165, 1.54) is 19.4 Å². The summed E-state index contributed by atoms with van der Waals surface area (Å²) in [4.78, 5) is 25.0. The van der Waals surface area contributed by atoms with Crippen LogP contribution in [0.3, 0.4) is 0 Å². The molecule has 3 rings (SSSR count). The second-order valence-electron chi connectivity index (χ2n) is 6.94. The minimum absolute atomic E-state index is 0.216. The number of aliphatic hydroxyl groups excluding tert-OH is 2. The Morgan fingerprint density at radius 3 is 2.79 bits per heavy atom. The van der Waals surface area contributed by atoms with Gasteiger partial charge in [-0.15, -0.1) is 0 Å². The molecule has 5 atom stereocenters. The molecule has 2 fully saturated rings. The number of aromatic nitrogens is 2. The van der Waals surface area contributed by atoms with E-state index in [-0.39, 0.29) is 13.3 Å². The van der Waals surface area contributed by atoms with Crippen molar-refractivity contribution >= 4 is 0 Å². The number of rotatable bonds is 9. The van der Waals surface area contributed by atoms with Gasteiger partial charge in [-0.3, -0.25) is 9.36 Å². The van der Waals surface area contributed by atoms with Crippen molar-refractivity contribution in [3.8, 4) is 0 Å². The van der Waals surface area contributed by atoms with Gasteiger partial charge < -0.3 is 33.9 Å². The summed E-state index contributed by atoms with van der Waals surface area (Å²) in [5.74, 6) is 0. The lowest BCUT2D eigenvalue weighted by Gasteiger charge is -2.29. The second kappa shape index (κ2) is 10.4. The third-order valence-electron chi connectivity index (χ3n) is 4.96. The summed E-state index contributed by atoms with van der Waals surface area (Å²) < 4.78 is 29.4. The fourth-order valence-electron chi connectivity index (χ4n) is 3.38. The van der Waals surface area contributed by atoms with Gasteiger partial charge >= 0.3 is 5.69 Å². The molecule has 11 heteroatoms. The Kier molecular flexibility index (Phi) is 7.95. The molecule has 0 radical (unpaired) electrons. The van der Waals surface area contributed by atoms with Gasteiger partial charge in [0.2, 0.25) is 0 Å². The lowest BCUT2D eigenvalue weighted by molar-refractivity contribution is -0.215. The zero-order chi connectivity index (χ0) is 20.8. The molecule has 0 saturated carbocycles. The summed E-state index contributed by atoms with van der Waals surface area (Å²) in [7, 11) is 1.52. The number of aliphatic hydroxyl groups is 2. The maximum atomic E-state index is 12.9. The molecule has 1 aromatic heterocycles. The molecule has 0 amide bonds. The lowest BCUT2D eigenvalue weighted by atomic mass is 10.1. The van der Waals surface area contributed by atoms with Crippen LogP contribution in [0.2, 0.25) is 0 Å². The summed E-state index contributed by atoms with van der Waals surface area (Å²) >= 11 is 0. The van der Waals surface area contributed by atoms with Crippen LogP contribution in [0.5, 0.6) is 0 Å². The molecule has 2 aliphatic heterocycles. The van der Waals surface area contributed by atoms with E-state index in [1.807, 2.05) is 0 Å². The zero-order valence-corrected chi connectivity index (χ0v) is 16.3. The van der Waals surface area contributed by atoms with E-state index < -0.39 is 48.7 Å². The molecule has 5 unspecified atom stereocenters. The van der Waals surface area contributed by atoms with Crippen molar-refractivity contribution < 1.29 is 33.9 Å². The maximum Gasteiger partial charge on any atom is 0.335 e. The van der Waals surface area contributed by atoms with Gasteiger partial charge in [0.1, 0.15) is 25.0 Å². The second-order valence-corrected chi connectivity index (χ2v) is 6.94. The average molecular weight is 416 g/mol. The topological polar surface area (TPSA) is 131 Å². The molecule has 3 heterocycles. The molecule has 29 heavy (non-hydrogen) atoms. The smallest absolute Gasteiger partial charge is 0.335 e. The molecular weight excluding hydrogens is 388 g/mol. The first kappa shape index (κ1) is 22.1. The highest BCUT2D eigenvalue weighted by molar-refractivity contribution is 4.95. The number of ether oxygens (including phenoxy) is 5. The number of hydrogen-bond donors (Lipinski definition) is 2. The highest BCUT2D eigenvalue weighted by Crippen LogP contribution is 2.32. The predicted octanol–water partition coefficient (Wildman–Crippen LogP) is -1.21. The Morgan fingerprint density at radius 1 is 1.28 bits per heavy atom. The first-order valence-electron chi connectivity index (χ1n) is 9.67. The van der Waals surface area contributed by atoms with Gasteiger partial charge in [-0.2, -0.15) is 0 Å². The molecule has 0 aliphatic carbocycles. The number of nitrogens with zero attached hydrogens (tertiary/aromatic N) is 2. The molecule has 0 bridgehead atoms. The summed E-state index contributed by atoms with van der Waals surface area (Å²) in [6.45, 7) is 0.387. The normalized spacial score (nSPS) is 30.0. The molecule has 0 spiro atoms. The monoisotopic (exact) mass is 416 g/mol. The predicted molar refractivity (Wildman–Crippen MR) is 98.3 cm³/mol. The summed E-state index contributed by atoms with van der Waals surface area (Å²) in [6, 6.07) is 1.21. The van der Waals surface area contributed by atoms with Crippen molar-refractivity contribution in [2.75, 3.05) is 33.5 Å². The van der Waals surface area contributed by atoms with Gasteiger partial charge in [0.05, 0.1) is 19.8 Å². The number of hydrogen-bond acceptors (Lipinski definition) is 9. The van der Waals surface area contributed by atoms with Crippen LogP contribution in [0.1, 0.15) is 25.5 Å². The van der Waals surface area contributed by atoms with E-state index in [1.54, 1.807) is 0 Å². The van der Waals surface area contributed by atoms with Gasteiger partial charge in [0.25, 0.3) is 5.56 Å². The highest BCUT2D eigenvalue weighted by Gasteiger charge is 2.47. The summed E-state index contributed by atoms with van der Waals surface area (Å²) in [5.41, 5.74) is -1.21. The van der Waals surface area contributed by atoms with Crippen molar-refractivity contribution in [1.29, 1.82) is 0 Å². The Morgan fingerprint density at radius 2 is 2.10 bits per heavy atom. The molecule has 2 aliphatic rings. The van der Waals surface area contributed by atoms with Crippen LogP contribution >= 0.6 is 0 Å². The molecule has 2 saturated heterocycles. The van der Waals surface area contributed by atoms with Crippen LogP contribution in [0.15, 0.2) is 21.9 Å². The Balaban J connectivity index is 1.83. The molecular formula is C18H28N2O9. The Labute approximate surface area is 167 Å². The Bertz CT molecular complexity index is 758. The van der Waals surface area contributed by atoms with Crippen molar-refractivity contribution in [2.24, 2.45) is 0 Å². The SMILES string of the molecule is COCCOCn1c(=O)ccn(C2OC(CO)C(O)C2OC2CCCCO2)c1=O. The molecule has 11 nitrogen and oxygen atoms in total. The van der Waals surface area contributed by atoms with E-state index >= 15 is 0 Å². The zero-order valence-electron chi connectivity index (χ0n) is 16.3. The van der Waals surface area contributed by atoms with Gasteiger partial charge in [-0.25, -0.2) is 9.36 Å². The largest absolute Gasteiger partial charge is 0.394 e. The first-order valence-corrected chi connectivity index (χ1v) is 9.67. The van der Waals surface area contributed by atoms with E-state index in [0.717, 1.165) is 22.0 Å². The standard InChI is InChI=1S/C18H28N2O9/c1-25-8-9-26-11-20-13(22)5-6-19(18(20)24)17-16(15(23)12(10-21)28-17)29-14-4-2-3-7-27-14/h5-6,12,14-17,21,23H,2-4,7-11H2,1H3. The van der Waals surface area contributed by atoms with E-state index in [4.69, 9.17) is 23.7 Å². The maximum absolute atomic E-state index is 12.9. The van der Waals surface area contributed by atoms with E-state index in [0.29, 0.717) is 19.6 Å². The third-order valence-corrected chi connectivity index (χ3v) is 4.96. The van der Waals surface area contributed by atoms with Crippen LogP contribution in [-0.4, -0.2) is 77.5 Å². The first-order chi connectivity index (χ1) is 14.1. The fraction of sp³-hybridized carbons (Fsp3) is 0.778. The molecule has 164 valence electrons. The minimum atomic E-state index is -1.17. The highest BCUT2D eigenvalue weighted by atomic mass is 16.7. The van der Waals surface area contributed by atoms with Gasteiger partial charge in [0, 0.05) is 26.0 Å². The van der Waals surface area contributed by atoms with Crippen LogP contribution < -0.4 is 11.2 Å². The van der Waals surface area contributed by atoms with E-state index in [9.17, 15) is 19.8 Å². The van der Waals surface area contributed by atoms with Gasteiger partial charge in [-0.1, -0.05) is 0 Å². The van der Waals surface area contributed by atoms with Crippen molar-refractivity contribution in [3.63, 3.8) is 0 Å².